The van der Waals surface area contributed by atoms with Gasteiger partial charge in [-0.05, 0) is 46.0 Å². The summed E-state index contributed by atoms with van der Waals surface area (Å²) >= 11 is 0. The summed E-state index contributed by atoms with van der Waals surface area (Å²) in [5, 5.41) is 3.32. The average Bonchev–Trinajstić information content (AvgIpc) is 2.94. The van der Waals surface area contributed by atoms with Gasteiger partial charge in [-0.3, -0.25) is 0 Å². The molecule has 2 aliphatic heterocycles. The van der Waals surface area contributed by atoms with Crippen LogP contribution in [-0.4, -0.2) is 45.8 Å². The van der Waals surface area contributed by atoms with Gasteiger partial charge in [0.1, 0.15) is 5.60 Å². The van der Waals surface area contributed by atoms with Gasteiger partial charge in [-0.25, -0.2) is 9.78 Å². The molecule has 2 unspecified atom stereocenters. The first-order valence-corrected chi connectivity index (χ1v) is 8.19. The van der Waals surface area contributed by atoms with E-state index in [1.807, 2.05) is 38.1 Å². The van der Waals surface area contributed by atoms with Gasteiger partial charge in [0.15, 0.2) is 0 Å². The van der Waals surface area contributed by atoms with Crippen molar-refractivity contribution in [2.45, 2.75) is 51.7 Å². The van der Waals surface area contributed by atoms with E-state index in [1.165, 1.54) is 0 Å². The van der Waals surface area contributed by atoms with Crippen LogP contribution in [0.15, 0.2) is 12.4 Å². The Bertz CT molecular complexity index is 534. The highest BCUT2D eigenvalue weighted by atomic mass is 16.6. The molecule has 3 heterocycles. The molecule has 1 aromatic heterocycles. The minimum Gasteiger partial charge on any atom is -0.444 e. The molecule has 1 amide bonds. The Morgan fingerprint density at radius 3 is 3.00 bits per heavy atom. The first-order valence-electron chi connectivity index (χ1n) is 8.19. The zero-order valence-corrected chi connectivity index (χ0v) is 13.7. The van der Waals surface area contributed by atoms with Crippen molar-refractivity contribution in [1.29, 1.82) is 0 Å². The summed E-state index contributed by atoms with van der Waals surface area (Å²) in [7, 11) is 0. The molecule has 0 saturated carbocycles. The lowest BCUT2D eigenvalue weighted by Gasteiger charge is -2.39. The Kier molecular flexibility index (Phi) is 4.02. The highest BCUT2D eigenvalue weighted by Gasteiger charge is 2.34. The summed E-state index contributed by atoms with van der Waals surface area (Å²) in [5.74, 6) is 1.42. The largest absolute Gasteiger partial charge is 0.444 e. The van der Waals surface area contributed by atoms with Crippen LogP contribution in [0.3, 0.4) is 0 Å². The summed E-state index contributed by atoms with van der Waals surface area (Å²) in [5.41, 5.74) is -0.434. The Balaban J connectivity index is 1.68. The maximum Gasteiger partial charge on any atom is 0.410 e. The number of ether oxygens (including phenoxy) is 1. The third-order valence-corrected chi connectivity index (χ3v) is 4.40. The number of hydrogen-bond donors (Lipinski definition) is 1. The van der Waals surface area contributed by atoms with E-state index in [-0.39, 0.29) is 6.09 Å². The van der Waals surface area contributed by atoms with Gasteiger partial charge >= 0.3 is 6.09 Å². The van der Waals surface area contributed by atoms with Crippen LogP contribution in [0.5, 0.6) is 0 Å². The second kappa shape index (κ2) is 5.82. The Morgan fingerprint density at radius 2 is 2.23 bits per heavy atom. The molecule has 3 rings (SSSR count). The number of amides is 1. The van der Waals surface area contributed by atoms with Crippen molar-refractivity contribution < 1.29 is 9.53 Å². The fraction of sp³-hybridized carbons (Fsp3) is 0.750. The molecule has 122 valence electrons. The number of imidazole rings is 1. The van der Waals surface area contributed by atoms with Crippen LogP contribution in [0, 0.1) is 5.92 Å². The highest BCUT2D eigenvalue weighted by molar-refractivity contribution is 5.68. The highest BCUT2D eigenvalue weighted by Crippen LogP contribution is 2.34. The number of rotatable bonds is 1. The SMILES string of the molecule is CC(C)(C)OC(=O)N1CCCC(C2CCNc3nccn32)C1. The minimum atomic E-state index is -0.434. The van der Waals surface area contributed by atoms with E-state index >= 15 is 0 Å². The van der Waals surface area contributed by atoms with Crippen LogP contribution in [0.25, 0.3) is 0 Å². The molecule has 0 radical (unpaired) electrons. The first-order chi connectivity index (χ1) is 10.4. The zero-order valence-electron chi connectivity index (χ0n) is 13.7. The number of nitrogens with one attached hydrogen (secondary N) is 1. The smallest absolute Gasteiger partial charge is 0.410 e. The van der Waals surface area contributed by atoms with Gasteiger partial charge in [0.2, 0.25) is 5.95 Å². The fourth-order valence-electron chi connectivity index (χ4n) is 3.47. The molecule has 1 aromatic rings. The molecule has 0 spiro atoms. The number of anilines is 1. The van der Waals surface area contributed by atoms with Gasteiger partial charge < -0.3 is 19.5 Å². The maximum atomic E-state index is 12.3. The van der Waals surface area contributed by atoms with Gasteiger partial charge in [-0.2, -0.15) is 0 Å². The second-order valence-corrected chi connectivity index (χ2v) is 7.27. The average molecular weight is 306 g/mol. The molecule has 1 N–H and O–H groups in total. The predicted octanol–water partition coefficient (Wildman–Crippen LogP) is 2.89. The minimum absolute atomic E-state index is 0.183. The lowest BCUT2D eigenvalue weighted by atomic mass is 9.88. The van der Waals surface area contributed by atoms with Crippen LogP contribution >= 0.6 is 0 Å². The van der Waals surface area contributed by atoms with Crippen molar-refractivity contribution in [2.75, 3.05) is 25.0 Å². The Labute approximate surface area is 131 Å². The van der Waals surface area contributed by atoms with Crippen molar-refractivity contribution in [3.8, 4) is 0 Å². The maximum absolute atomic E-state index is 12.3. The fourth-order valence-corrected chi connectivity index (χ4v) is 3.47. The number of nitrogens with zero attached hydrogens (tertiary/aromatic N) is 3. The van der Waals surface area contributed by atoms with E-state index in [9.17, 15) is 4.79 Å². The summed E-state index contributed by atoms with van der Waals surface area (Å²) in [6, 6.07) is 0.420. The van der Waals surface area contributed by atoms with Crippen molar-refractivity contribution >= 4 is 12.0 Å². The summed E-state index contributed by atoms with van der Waals surface area (Å²) < 4.78 is 7.75. The van der Waals surface area contributed by atoms with Crippen LogP contribution in [-0.2, 0) is 4.74 Å². The van der Waals surface area contributed by atoms with E-state index in [1.54, 1.807) is 0 Å². The Hall–Kier alpha value is -1.72. The van der Waals surface area contributed by atoms with Crippen LogP contribution < -0.4 is 5.32 Å². The number of carbonyl (C=O) groups excluding carboxylic acids is 1. The molecule has 0 aromatic carbocycles. The van der Waals surface area contributed by atoms with E-state index in [0.717, 1.165) is 44.8 Å². The number of carbonyl (C=O) groups is 1. The number of fused-ring (bicyclic) bond motifs is 1. The van der Waals surface area contributed by atoms with Crippen molar-refractivity contribution in [3.63, 3.8) is 0 Å². The second-order valence-electron chi connectivity index (χ2n) is 7.27. The molecule has 2 atom stereocenters. The van der Waals surface area contributed by atoms with E-state index in [4.69, 9.17) is 4.74 Å². The molecule has 6 nitrogen and oxygen atoms in total. The van der Waals surface area contributed by atoms with Crippen LogP contribution in [0.1, 0.15) is 46.1 Å². The van der Waals surface area contributed by atoms with Gasteiger partial charge in [-0.15, -0.1) is 0 Å². The van der Waals surface area contributed by atoms with Gasteiger partial charge in [0.25, 0.3) is 0 Å². The Morgan fingerprint density at radius 1 is 1.41 bits per heavy atom. The van der Waals surface area contributed by atoms with Crippen LogP contribution in [0.2, 0.25) is 0 Å². The molecular formula is C16H26N4O2. The van der Waals surface area contributed by atoms with E-state index < -0.39 is 5.60 Å². The molecule has 2 aliphatic rings. The summed E-state index contributed by atoms with van der Waals surface area (Å²) in [6.07, 6.45) is 6.97. The van der Waals surface area contributed by atoms with Crippen molar-refractivity contribution in [3.05, 3.63) is 12.4 Å². The number of aromatic nitrogens is 2. The third kappa shape index (κ3) is 3.20. The van der Waals surface area contributed by atoms with E-state index in [2.05, 4.69) is 14.9 Å². The molecule has 6 heteroatoms. The quantitative estimate of drug-likeness (QED) is 0.866. The number of hydrogen-bond acceptors (Lipinski definition) is 4. The van der Waals surface area contributed by atoms with Gasteiger partial charge in [0.05, 0.1) is 0 Å². The summed E-state index contributed by atoms with van der Waals surface area (Å²) in [6.45, 7) is 8.26. The molecule has 22 heavy (non-hydrogen) atoms. The lowest BCUT2D eigenvalue weighted by Crippen LogP contribution is -2.45. The first kappa shape index (κ1) is 15.2. The number of likely N-dealkylation sites (tertiary alicyclic amines) is 1. The third-order valence-electron chi connectivity index (χ3n) is 4.40. The van der Waals surface area contributed by atoms with Crippen molar-refractivity contribution in [1.82, 2.24) is 14.5 Å². The molecule has 1 saturated heterocycles. The van der Waals surface area contributed by atoms with E-state index in [0.29, 0.717) is 12.0 Å². The van der Waals surface area contributed by atoms with Crippen molar-refractivity contribution in [2.24, 2.45) is 5.92 Å². The number of piperidine rings is 1. The monoisotopic (exact) mass is 306 g/mol. The van der Waals surface area contributed by atoms with Gasteiger partial charge in [0, 0.05) is 38.1 Å². The molecule has 1 fully saturated rings. The molecule has 0 aliphatic carbocycles. The van der Waals surface area contributed by atoms with Gasteiger partial charge in [-0.1, -0.05) is 0 Å². The summed E-state index contributed by atoms with van der Waals surface area (Å²) in [4.78, 5) is 18.5. The standard InChI is InChI=1S/C16H26N4O2/c1-16(2,3)22-15(21)19-9-4-5-12(11-19)13-6-7-17-14-18-8-10-20(13)14/h8,10,12-13H,4-7,9,11H2,1-3H3,(H,17,18). The topological polar surface area (TPSA) is 59.4 Å². The lowest BCUT2D eigenvalue weighted by molar-refractivity contribution is 0.0131. The molecular weight excluding hydrogens is 280 g/mol. The molecule has 0 bridgehead atoms. The predicted molar refractivity (Wildman–Crippen MR) is 84.9 cm³/mol. The normalized spacial score (nSPS) is 25.3. The zero-order chi connectivity index (χ0) is 15.7. The van der Waals surface area contributed by atoms with Crippen LogP contribution in [0.4, 0.5) is 10.7 Å².